The molecule has 0 N–H and O–H groups in total. The molecule has 7 rings (SSSR count). The average molecular weight is 589 g/mol. The second kappa shape index (κ2) is 7.81. The summed E-state index contributed by atoms with van der Waals surface area (Å²) in [6.07, 6.45) is 1.79. The Labute approximate surface area is 212 Å². The first-order chi connectivity index (χ1) is 17.1. The summed E-state index contributed by atoms with van der Waals surface area (Å²) >= 11 is 1.62. The van der Waals surface area contributed by atoms with Crippen LogP contribution in [-0.4, -0.2) is 45.6 Å². The van der Waals surface area contributed by atoms with E-state index in [1.54, 1.807) is 18.0 Å². The van der Waals surface area contributed by atoms with Crippen LogP contribution in [0.5, 0.6) is 0 Å². The van der Waals surface area contributed by atoms with Gasteiger partial charge in [0.25, 0.3) is 0 Å². The van der Waals surface area contributed by atoms with Crippen LogP contribution >= 0.6 is 11.8 Å². The van der Waals surface area contributed by atoms with Crippen LogP contribution in [0.2, 0.25) is 0 Å². The molecule has 0 spiro atoms. The second-order valence-electron chi connectivity index (χ2n) is 7.88. The summed E-state index contributed by atoms with van der Waals surface area (Å²) in [6, 6.07) is 21.8. The molecule has 0 saturated carbocycles. The number of fused-ring (bicyclic) bond motifs is 4. The number of nitrogens with zero attached hydrogens (tertiary/aromatic N) is 2. The van der Waals surface area contributed by atoms with Gasteiger partial charge in [-0.15, -0.1) is 0 Å². The molecule has 4 heterocycles. The molecule has 2 aromatic carbocycles. The standard InChI is InChI=1S/C27H14N2O2SSe2/c30-25-17-12-15-9-11-33-23(15)14-18(17)26(31)19(25)13-16-7-8-24(34-16)29-20-4-1-2-5-21(20)32-22-6-3-10-28-27(22)29/h1-14H/b19-13+/i13D. The summed E-state index contributed by atoms with van der Waals surface area (Å²) in [5, 5.41) is 1.01. The molecule has 4 nitrogen and oxygen atoms in total. The van der Waals surface area contributed by atoms with Crippen LogP contribution in [0.15, 0.2) is 93.2 Å². The van der Waals surface area contributed by atoms with Gasteiger partial charge in [-0.25, -0.2) is 0 Å². The maximum absolute atomic E-state index is 13.2. The van der Waals surface area contributed by atoms with Crippen molar-refractivity contribution in [1.82, 2.24) is 4.98 Å². The van der Waals surface area contributed by atoms with Crippen molar-refractivity contribution in [3.05, 3.63) is 99.0 Å². The third-order valence-corrected chi connectivity index (χ3v) is 10.9. The van der Waals surface area contributed by atoms with Gasteiger partial charge in [0.15, 0.2) is 0 Å². The van der Waals surface area contributed by atoms with E-state index in [-0.39, 0.29) is 52.2 Å². The number of aromatic nitrogens is 1. The minimum absolute atomic E-state index is 0.00365. The van der Waals surface area contributed by atoms with Crippen molar-refractivity contribution in [2.75, 3.05) is 4.90 Å². The Morgan fingerprint density at radius 1 is 0.941 bits per heavy atom. The van der Waals surface area contributed by atoms with Crippen LogP contribution in [0, 0.1) is 0 Å². The zero-order chi connectivity index (χ0) is 23.7. The Kier molecular flexibility index (Phi) is 4.45. The van der Waals surface area contributed by atoms with Crippen molar-refractivity contribution in [3.63, 3.8) is 0 Å². The summed E-state index contributed by atoms with van der Waals surface area (Å²) in [5.74, 6) is 0.211. The summed E-state index contributed by atoms with van der Waals surface area (Å²) < 4.78 is 11.7. The summed E-state index contributed by atoms with van der Waals surface area (Å²) in [5.41, 5.74) is 1.92. The molecule has 2 aliphatic rings. The topological polar surface area (TPSA) is 50.3 Å². The minimum atomic E-state index is -0.331. The number of carbonyl (C=O) groups is 2. The first-order valence-corrected chi connectivity index (χ1v) is 14.9. The fraction of sp³-hybridized carbons (Fsp3) is 0. The molecule has 1 aliphatic heterocycles. The van der Waals surface area contributed by atoms with E-state index in [1.807, 2.05) is 48.5 Å². The Morgan fingerprint density at radius 2 is 1.76 bits per heavy atom. The number of allylic oxidation sites excluding steroid dienone is 1. The summed E-state index contributed by atoms with van der Waals surface area (Å²) in [6.45, 7) is 0. The number of anilines is 3. The summed E-state index contributed by atoms with van der Waals surface area (Å²) in [4.78, 5) is 37.6. The predicted molar refractivity (Wildman–Crippen MR) is 138 cm³/mol. The first-order valence-electron chi connectivity index (χ1n) is 11.0. The number of Topliss-reactive ketones (excluding diaryl/α,β-unsaturated/α-hetero) is 2. The molecular formula is C27H14N2O2SSe2. The quantitative estimate of drug-likeness (QED) is 0.146. The van der Waals surface area contributed by atoms with Gasteiger partial charge in [-0.05, 0) is 0 Å². The van der Waals surface area contributed by atoms with Crippen molar-refractivity contribution in [2.45, 2.75) is 9.79 Å². The van der Waals surface area contributed by atoms with Gasteiger partial charge in [0, 0.05) is 0 Å². The second-order valence-corrected chi connectivity index (χ2v) is 13.2. The zero-order valence-corrected chi connectivity index (χ0v) is 21.7. The molecule has 0 unspecified atom stereocenters. The number of hydrogen-bond donors (Lipinski definition) is 0. The predicted octanol–water partition coefficient (Wildman–Crippen LogP) is 5.75. The molecule has 5 aromatic rings. The molecular weight excluding hydrogens is 574 g/mol. The van der Waals surface area contributed by atoms with Crippen molar-refractivity contribution in [3.8, 4) is 0 Å². The summed E-state index contributed by atoms with van der Waals surface area (Å²) in [7, 11) is 0. The van der Waals surface area contributed by atoms with Crippen molar-refractivity contribution in [1.29, 1.82) is 0 Å². The van der Waals surface area contributed by atoms with E-state index >= 15 is 0 Å². The van der Waals surface area contributed by atoms with Gasteiger partial charge >= 0.3 is 214 Å². The van der Waals surface area contributed by atoms with Crippen molar-refractivity contribution < 1.29 is 11.0 Å². The van der Waals surface area contributed by atoms with E-state index in [1.165, 1.54) is 0 Å². The third-order valence-electron chi connectivity index (χ3n) is 5.89. The molecule has 0 bridgehead atoms. The van der Waals surface area contributed by atoms with E-state index in [2.05, 4.69) is 33.0 Å². The van der Waals surface area contributed by atoms with Gasteiger partial charge in [0.05, 0.1) is 0 Å². The average Bonchev–Trinajstić information content (AvgIpc) is 3.60. The van der Waals surface area contributed by atoms with Gasteiger partial charge < -0.3 is 0 Å². The molecule has 0 atom stereocenters. The number of carbonyl (C=O) groups excluding carboxylic acids is 2. The maximum atomic E-state index is 13.2. The van der Waals surface area contributed by atoms with Crippen molar-refractivity contribution >= 4 is 84.1 Å². The Bertz CT molecular complexity index is 1660. The monoisotopic (exact) mass is 591 g/mol. The zero-order valence-electron chi connectivity index (χ0n) is 18.4. The normalized spacial score (nSPS) is 16.4. The third kappa shape index (κ3) is 3.09. The van der Waals surface area contributed by atoms with Crippen LogP contribution in [0.3, 0.4) is 0 Å². The molecule has 162 valence electrons. The van der Waals surface area contributed by atoms with Crippen molar-refractivity contribution in [2.24, 2.45) is 0 Å². The number of benzene rings is 2. The Balaban J connectivity index is 1.33. The van der Waals surface area contributed by atoms with Crippen LogP contribution in [0.1, 0.15) is 26.5 Å². The molecule has 1 aliphatic carbocycles. The number of rotatable bonds is 2. The van der Waals surface area contributed by atoms with Crippen LogP contribution < -0.4 is 4.90 Å². The molecule has 0 radical (unpaired) electrons. The van der Waals surface area contributed by atoms with Crippen LogP contribution in [0.4, 0.5) is 16.1 Å². The van der Waals surface area contributed by atoms with E-state index in [0.29, 0.717) is 11.1 Å². The van der Waals surface area contributed by atoms with Gasteiger partial charge in [-0.1, -0.05) is 0 Å². The van der Waals surface area contributed by atoms with E-state index in [9.17, 15) is 9.59 Å². The molecule has 0 amide bonds. The fourth-order valence-corrected chi connectivity index (χ4v) is 9.00. The Morgan fingerprint density at radius 3 is 2.68 bits per heavy atom. The number of ketones is 2. The molecule has 3 aromatic heterocycles. The SMILES string of the molecule is [2H]/C(=C1/C(=O)c2cc3cc[se]c3cc2C1=O)c1ccc(N2c3ccccc3Sc3cccnc32)[se]1. The van der Waals surface area contributed by atoms with Gasteiger partial charge in [-0.2, -0.15) is 0 Å². The van der Waals surface area contributed by atoms with E-state index in [4.69, 9.17) is 1.37 Å². The molecule has 0 fully saturated rings. The molecule has 7 heteroatoms. The van der Waals surface area contributed by atoms with Crippen LogP contribution in [-0.2, 0) is 0 Å². The van der Waals surface area contributed by atoms with Gasteiger partial charge in [0.1, 0.15) is 0 Å². The number of para-hydroxylation sites is 1. The molecule has 0 saturated heterocycles. The number of hydrogen-bond acceptors (Lipinski definition) is 5. The van der Waals surface area contributed by atoms with Gasteiger partial charge in [-0.3, -0.25) is 0 Å². The van der Waals surface area contributed by atoms with E-state index in [0.717, 1.165) is 39.9 Å². The van der Waals surface area contributed by atoms with Crippen LogP contribution in [0.25, 0.3) is 15.7 Å². The fourth-order valence-electron chi connectivity index (χ4n) is 4.32. The first kappa shape index (κ1) is 19.4. The number of pyridine rings is 1. The van der Waals surface area contributed by atoms with E-state index < -0.39 is 0 Å². The Hall–Kier alpha value is -2.92. The van der Waals surface area contributed by atoms with Gasteiger partial charge in [0.2, 0.25) is 0 Å². The molecule has 34 heavy (non-hydrogen) atoms.